The van der Waals surface area contributed by atoms with Crippen molar-refractivity contribution in [3.63, 3.8) is 0 Å². The fraction of sp³-hybridized carbons (Fsp3) is 0.714. The van der Waals surface area contributed by atoms with E-state index in [0.717, 1.165) is 0 Å². The molecule has 0 bridgehead atoms. The second-order valence-corrected chi connectivity index (χ2v) is 2.79. The highest BCUT2D eigenvalue weighted by atomic mass is 16.2. The maximum absolute atomic E-state index is 11.0. The van der Waals surface area contributed by atoms with Crippen molar-refractivity contribution in [2.24, 2.45) is 11.7 Å². The van der Waals surface area contributed by atoms with Crippen LogP contribution in [0.4, 0.5) is 4.79 Å². The molecule has 0 aromatic heterocycles. The zero-order valence-electron chi connectivity index (χ0n) is 7.72. The number of urea groups is 1. The molecule has 0 radical (unpaired) electrons. The van der Waals surface area contributed by atoms with E-state index < -0.39 is 0 Å². The van der Waals surface area contributed by atoms with Crippen LogP contribution in [0.5, 0.6) is 0 Å². The normalized spacial score (nSPS) is 11.9. The third-order valence-corrected chi connectivity index (χ3v) is 1.64. The van der Waals surface area contributed by atoms with Gasteiger partial charge in [-0.15, -0.1) is 0 Å². The maximum Gasteiger partial charge on any atom is 0.316 e. The first-order valence-corrected chi connectivity index (χ1v) is 3.75. The molecule has 4 N–H and O–H groups in total. The van der Waals surface area contributed by atoms with Crippen LogP contribution in [0.1, 0.15) is 6.92 Å². The third-order valence-electron chi connectivity index (χ3n) is 1.64. The lowest BCUT2D eigenvalue weighted by molar-refractivity contribution is 0.208. The summed E-state index contributed by atoms with van der Waals surface area (Å²) in [6.07, 6.45) is 0. The van der Waals surface area contributed by atoms with Crippen LogP contribution >= 0.6 is 0 Å². The highest BCUT2D eigenvalue weighted by Gasteiger charge is 2.12. The number of amidine groups is 1. The van der Waals surface area contributed by atoms with E-state index in [9.17, 15) is 4.79 Å². The molecule has 2 amide bonds. The molecule has 70 valence electrons. The van der Waals surface area contributed by atoms with Crippen molar-refractivity contribution in [1.82, 2.24) is 10.2 Å². The van der Waals surface area contributed by atoms with Gasteiger partial charge >= 0.3 is 6.03 Å². The van der Waals surface area contributed by atoms with Gasteiger partial charge in [0, 0.05) is 26.6 Å². The Hall–Kier alpha value is -1.26. The summed E-state index contributed by atoms with van der Waals surface area (Å²) in [5, 5.41) is 9.60. The van der Waals surface area contributed by atoms with E-state index in [1.54, 1.807) is 14.1 Å². The summed E-state index contributed by atoms with van der Waals surface area (Å²) >= 11 is 0. The summed E-state index contributed by atoms with van der Waals surface area (Å²) in [6.45, 7) is 2.27. The minimum absolute atomic E-state index is 0.0905. The number of nitrogens with zero attached hydrogens (tertiary/aromatic N) is 1. The highest BCUT2D eigenvalue weighted by Crippen LogP contribution is 1.96. The van der Waals surface area contributed by atoms with Gasteiger partial charge < -0.3 is 16.0 Å². The molecule has 0 saturated heterocycles. The van der Waals surface area contributed by atoms with Crippen LogP contribution in [0.15, 0.2) is 0 Å². The van der Waals surface area contributed by atoms with Crippen molar-refractivity contribution in [1.29, 1.82) is 5.41 Å². The molecule has 0 aliphatic carbocycles. The van der Waals surface area contributed by atoms with Crippen molar-refractivity contribution in [2.75, 3.05) is 20.6 Å². The number of nitrogens with one attached hydrogen (secondary N) is 2. The molecule has 0 aliphatic rings. The lowest BCUT2D eigenvalue weighted by atomic mass is 10.1. The zero-order valence-corrected chi connectivity index (χ0v) is 7.72. The van der Waals surface area contributed by atoms with Gasteiger partial charge in [-0.25, -0.2) is 4.79 Å². The summed E-state index contributed by atoms with van der Waals surface area (Å²) in [5.41, 5.74) is 5.25. The second kappa shape index (κ2) is 4.58. The molecular formula is C7H16N4O. The van der Waals surface area contributed by atoms with E-state index in [0.29, 0.717) is 6.54 Å². The SMILES string of the molecule is CNC(=O)N(C)CC(C)C(=N)N. The molecule has 5 nitrogen and oxygen atoms in total. The van der Waals surface area contributed by atoms with Crippen molar-refractivity contribution >= 4 is 11.9 Å². The predicted molar refractivity (Wildman–Crippen MR) is 48.2 cm³/mol. The Bertz CT molecular complexity index is 180. The minimum Gasteiger partial charge on any atom is -0.387 e. The predicted octanol–water partition coefficient (Wildman–Crippen LogP) is -0.170. The van der Waals surface area contributed by atoms with Crippen LogP contribution in [-0.4, -0.2) is 37.4 Å². The number of amides is 2. The van der Waals surface area contributed by atoms with Gasteiger partial charge in [0.2, 0.25) is 0 Å². The van der Waals surface area contributed by atoms with Crippen LogP contribution in [0.3, 0.4) is 0 Å². The monoisotopic (exact) mass is 172 g/mol. The standard InChI is InChI=1S/C7H16N4O/c1-5(6(8)9)4-11(3)7(12)10-2/h5H,4H2,1-3H3,(H3,8,9)(H,10,12). The molecule has 0 aromatic carbocycles. The summed E-state index contributed by atoms with van der Waals surface area (Å²) in [4.78, 5) is 12.5. The molecule has 5 heteroatoms. The fourth-order valence-electron chi connectivity index (χ4n) is 0.783. The summed E-state index contributed by atoms with van der Waals surface area (Å²) in [5.74, 6) is 0.0121. The van der Waals surface area contributed by atoms with Gasteiger partial charge in [0.05, 0.1) is 5.84 Å². The number of rotatable bonds is 3. The topological polar surface area (TPSA) is 82.2 Å². The highest BCUT2D eigenvalue weighted by molar-refractivity contribution is 5.80. The number of carbonyl (C=O) groups is 1. The van der Waals surface area contributed by atoms with Crippen LogP contribution in [-0.2, 0) is 0 Å². The quantitative estimate of drug-likeness (QED) is 0.408. The average molecular weight is 172 g/mol. The molecule has 0 saturated carbocycles. The van der Waals surface area contributed by atoms with Gasteiger partial charge in [-0.3, -0.25) is 5.41 Å². The van der Waals surface area contributed by atoms with Gasteiger partial charge in [-0.2, -0.15) is 0 Å². The molecule has 0 fully saturated rings. The molecule has 0 aliphatic heterocycles. The third kappa shape index (κ3) is 3.23. The van der Waals surface area contributed by atoms with Gasteiger partial charge in [-0.1, -0.05) is 6.92 Å². The number of hydrogen-bond donors (Lipinski definition) is 3. The Morgan fingerprint density at radius 3 is 2.58 bits per heavy atom. The average Bonchev–Trinajstić information content (AvgIpc) is 2.02. The molecule has 1 unspecified atom stereocenters. The second-order valence-electron chi connectivity index (χ2n) is 2.79. The molecule has 0 rings (SSSR count). The Balaban J connectivity index is 3.91. The lowest BCUT2D eigenvalue weighted by Crippen LogP contribution is -2.40. The minimum atomic E-state index is -0.164. The van der Waals surface area contributed by atoms with E-state index >= 15 is 0 Å². The molecular weight excluding hydrogens is 156 g/mol. The number of hydrogen-bond acceptors (Lipinski definition) is 2. The van der Waals surface area contributed by atoms with Crippen LogP contribution in [0, 0.1) is 11.3 Å². The van der Waals surface area contributed by atoms with Crippen molar-refractivity contribution in [2.45, 2.75) is 6.92 Å². The van der Waals surface area contributed by atoms with Gasteiger partial charge in [0.15, 0.2) is 0 Å². The number of carbonyl (C=O) groups excluding carboxylic acids is 1. The van der Waals surface area contributed by atoms with Crippen molar-refractivity contribution in [3.05, 3.63) is 0 Å². The first-order valence-electron chi connectivity index (χ1n) is 3.75. The van der Waals surface area contributed by atoms with E-state index in [2.05, 4.69) is 5.32 Å². The molecule has 0 heterocycles. The zero-order chi connectivity index (χ0) is 9.72. The van der Waals surface area contributed by atoms with E-state index in [1.165, 1.54) is 4.90 Å². The number of nitrogens with two attached hydrogens (primary N) is 1. The van der Waals surface area contributed by atoms with Gasteiger partial charge in [-0.05, 0) is 0 Å². The van der Waals surface area contributed by atoms with Gasteiger partial charge in [0.1, 0.15) is 0 Å². The summed E-state index contributed by atoms with van der Waals surface area (Å²) in [7, 11) is 3.23. The first-order chi connectivity index (χ1) is 5.49. The van der Waals surface area contributed by atoms with Crippen LogP contribution in [0.25, 0.3) is 0 Å². The molecule has 0 spiro atoms. The Morgan fingerprint density at radius 2 is 2.25 bits per heavy atom. The Labute approximate surface area is 72.4 Å². The van der Waals surface area contributed by atoms with E-state index in [-0.39, 0.29) is 17.8 Å². The smallest absolute Gasteiger partial charge is 0.316 e. The molecule has 1 atom stereocenters. The van der Waals surface area contributed by atoms with Crippen LogP contribution in [0.2, 0.25) is 0 Å². The Kier molecular flexibility index (Phi) is 4.10. The van der Waals surface area contributed by atoms with Gasteiger partial charge in [0.25, 0.3) is 0 Å². The summed E-state index contributed by atoms with van der Waals surface area (Å²) < 4.78 is 0. The Morgan fingerprint density at radius 1 is 1.75 bits per heavy atom. The largest absolute Gasteiger partial charge is 0.387 e. The van der Waals surface area contributed by atoms with Crippen molar-refractivity contribution < 1.29 is 4.79 Å². The fourth-order valence-corrected chi connectivity index (χ4v) is 0.783. The summed E-state index contributed by atoms with van der Waals surface area (Å²) in [6, 6.07) is -0.164. The molecule has 0 aromatic rings. The maximum atomic E-state index is 11.0. The van der Waals surface area contributed by atoms with Crippen LogP contribution < -0.4 is 11.1 Å². The first kappa shape index (κ1) is 10.7. The van der Waals surface area contributed by atoms with Crippen molar-refractivity contribution in [3.8, 4) is 0 Å². The van der Waals surface area contributed by atoms with E-state index in [4.69, 9.17) is 11.1 Å². The lowest BCUT2D eigenvalue weighted by Gasteiger charge is -2.19. The van der Waals surface area contributed by atoms with E-state index in [1.807, 2.05) is 6.92 Å². The molecule has 12 heavy (non-hydrogen) atoms.